The molecule has 0 bridgehead atoms. The molecule has 0 unspecified atom stereocenters. The molecule has 0 saturated heterocycles. The van der Waals surface area contributed by atoms with Crippen LogP contribution in [0, 0.1) is 0 Å². The van der Waals surface area contributed by atoms with Crippen molar-refractivity contribution in [3.05, 3.63) is 33.4 Å². The zero-order valence-corrected chi connectivity index (χ0v) is 14.0. The van der Waals surface area contributed by atoms with E-state index >= 15 is 0 Å². The molecular formula is C15H12O12. The van der Waals surface area contributed by atoms with Gasteiger partial charge < -0.3 is 29.5 Å². The monoisotopic (exact) mass is 384 g/mol. The van der Waals surface area contributed by atoms with Crippen LogP contribution in [-0.4, -0.2) is 72.5 Å². The molecule has 0 amide bonds. The first-order valence-corrected chi connectivity index (χ1v) is 6.73. The summed E-state index contributed by atoms with van der Waals surface area (Å²) >= 11 is 0. The van der Waals surface area contributed by atoms with Crippen molar-refractivity contribution >= 4 is 35.8 Å². The maximum Gasteiger partial charge on any atom is 0.339 e. The molecule has 0 aliphatic heterocycles. The van der Waals surface area contributed by atoms with E-state index in [1.807, 2.05) is 0 Å². The minimum absolute atomic E-state index is 0.790. The number of esters is 3. The van der Waals surface area contributed by atoms with E-state index in [0.717, 1.165) is 21.3 Å². The van der Waals surface area contributed by atoms with E-state index in [2.05, 4.69) is 14.2 Å². The van der Waals surface area contributed by atoms with Crippen molar-refractivity contribution in [2.24, 2.45) is 0 Å². The summed E-state index contributed by atoms with van der Waals surface area (Å²) in [4.78, 5) is 71.2. The molecule has 1 rings (SSSR count). The van der Waals surface area contributed by atoms with Crippen molar-refractivity contribution in [2.75, 3.05) is 21.3 Å². The van der Waals surface area contributed by atoms with E-state index in [9.17, 15) is 44.1 Å². The van der Waals surface area contributed by atoms with Crippen molar-refractivity contribution in [2.45, 2.75) is 0 Å². The van der Waals surface area contributed by atoms with Crippen molar-refractivity contribution in [1.82, 2.24) is 0 Å². The van der Waals surface area contributed by atoms with Crippen molar-refractivity contribution in [3.63, 3.8) is 0 Å². The van der Waals surface area contributed by atoms with Crippen LogP contribution in [0.1, 0.15) is 62.1 Å². The molecule has 1 aromatic rings. The summed E-state index contributed by atoms with van der Waals surface area (Å²) < 4.78 is 13.1. The fourth-order valence-corrected chi connectivity index (χ4v) is 2.31. The third-order valence-electron chi connectivity index (χ3n) is 3.31. The third-order valence-corrected chi connectivity index (χ3v) is 3.31. The number of hydrogen-bond acceptors (Lipinski definition) is 9. The van der Waals surface area contributed by atoms with Gasteiger partial charge >= 0.3 is 35.8 Å². The maximum absolute atomic E-state index is 12.2. The van der Waals surface area contributed by atoms with Crippen molar-refractivity contribution < 1.29 is 58.3 Å². The lowest BCUT2D eigenvalue weighted by molar-refractivity contribution is 0.0519. The van der Waals surface area contributed by atoms with E-state index in [0.29, 0.717) is 0 Å². The second-order valence-electron chi connectivity index (χ2n) is 4.64. The largest absolute Gasteiger partial charge is 0.478 e. The molecule has 0 aliphatic carbocycles. The number of aromatic carboxylic acids is 3. The molecule has 0 aliphatic rings. The van der Waals surface area contributed by atoms with Gasteiger partial charge in [0.05, 0.1) is 54.7 Å². The number of carboxylic acids is 3. The number of rotatable bonds is 6. The summed E-state index contributed by atoms with van der Waals surface area (Å²) in [7, 11) is 2.38. The molecule has 27 heavy (non-hydrogen) atoms. The van der Waals surface area contributed by atoms with Crippen molar-refractivity contribution in [1.29, 1.82) is 0 Å². The van der Waals surface area contributed by atoms with Crippen LogP contribution in [0.5, 0.6) is 0 Å². The van der Waals surface area contributed by atoms with Crippen LogP contribution in [0.15, 0.2) is 0 Å². The quantitative estimate of drug-likeness (QED) is 0.444. The first-order chi connectivity index (χ1) is 12.5. The van der Waals surface area contributed by atoms with Gasteiger partial charge in [-0.3, -0.25) is 0 Å². The Morgan fingerprint density at radius 3 is 0.852 bits per heavy atom. The summed E-state index contributed by atoms with van der Waals surface area (Å²) in [6.45, 7) is 0. The van der Waals surface area contributed by atoms with Gasteiger partial charge in [-0.25, -0.2) is 28.8 Å². The van der Waals surface area contributed by atoms with Crippen LogP contribution < -0.4 is 0 Å². The van der Waals surface area contributed by atoms with Crippen LogP contribution in [0.4, 0.5) is 0 Å². The average molecular weight is 384 g/mol. The summed E-state index contributed by atoms with van der Waals surface area (Å²) in [5.74, 6) is -10.7. The lowest BCUT2D eigenvalue weighted by Crippen LogP contribution is -2.29. The lowest BCUT2D eigenvalue weighted by atomic mass is 9.86. The Balaban J connectivity index is 4.53. The van der Waals surface area contributed by atoms with Crippen LogP contribution >= 0.6 is 0 Å². The number of ether oxygens (including phenoxy) is 3. The molecule has 3 N–H and O–H groups in total. The van der Waals surface area contributed by atoms with Crippen LogP contribution in [0.2, 0.25) is 0 Å². The normalized spacial score (nSPS) is 9.89. The fraction of sp³-hybridized carbons (Fsp3) is 0.200. The SMILES string of the molecule is COC(=O)c1c(C(=O)O)c(C(=O)O)c(C(=O)O)c(C(=O)OC)c1C(=O)OC. The molecule has 0 fully saturated rings. The van der Waals surface area contributed by atoms with E-state index in [1.54, 1.807) is 0 Å². The molecule has 0 aromatic heterocycles. The zero-order valence-electron chi connectivity index (χ0n) is 14.0. The minimum Gasteiger partial charge on any atom is -0.478 e. The second kappa shape index (κ2) is 7.95. The van der Waals surface area contributed by atoms with Gasteiger partial charge in [0, 0.05) is 0 Å². The minimum atomic E-state index is -2.09. The van der Waals surface area contributed by atoms with Crippen LogP contribution in [0.25, 0.3) is 0 Å². The Morgan fingerprint density at radius 1 is 0.481 bits per heavy atom. The van der Waals surface area contributed by atoms with Gasteiger partial charge in [0.25, 0.3) is 0 Å². The second-order valence-corrected chi connectivity index (χ2v) is 4.64. The van der Waals surface area contributed by atoms with Gasteiger partial charge in [-0.2, -0.15) is 0 Å². The predicted octanol–water partition coefficient (Wildman–Crippen LogP) is 0.141. The molecule has 0 atom stereocenters. The predicted molar refractivity (Wildman–Crippen MR) is 81.3 cm³/mol. The first-order valence-electron chi connectivity index (χ1n) is 6.73. The standard InChI is InChI=1S/C15H12O12/c1-25-13(22)7-5(11(18)19)4(10(16)17)6(12(20)21)8(14(23)26-2)9(7)15(24)27-3/h1-3H3,(H,16,17)(H,18,19)(H,20,21). The summed E-state index contributed by atoms with van der Waals surface area (Å²) in [6, 6.07) is 0. The Hall–Kier alpha value is -3.96. The van der Waals surface area contributed by atoms with Gasteiger partial charge in [-0.1, -0.05) is 0 Å². The highest BCUT2D eigenvalue weighted by Crippen LogP contribution is 2.31. The average Bonchev–Trinajstić information content (AvgIpc) is 2.62. The Morgan fingerprint density at radius 2 is 0.667 bits per heavy atom. The number of carbonyl (C=O) groups is 6. The van der Waals surface area contributed by atoms with E-state index in [4.69, 9.17) is 0 Å². The Labute approximate surface area is 149 Å². The molecule has 0 saturated carbocycles. The summed E-state index contributed by atoms with van der Waals surface area (Å²) in [5, 5.41) is 28.1. The van der Waals surface area contributed by atoms with Crippen molar-refractivity contribution in [3.8, 4) is 0 Å². The van der Waals surface area contributed by atoms with Gasteiger partial charge in [0.15, 0.2) is 0 Å². The molecule has 144 valence electrons. The Bertz CT molecular complexity index is 824. The molecule has 0 spiro atoms. The highest BCUT2D eigenvalue weighted by atomic mass is 16.5. The maximum atomic E-state index is 12.2. The zero-order chi connectivity index (χ0) is 21.0. The number of benzene rings is 1. The number of methoxy groups -OCH3 is 3. The van der Waals surface area contributed by atoms with E-state index in [-0.39, 0.29) is 0 Å². The summed E-state index contributed by atoms with van der Waals surface area (Å²) in [5.41, 5.74) is -7.58. The summed E-state index contributed by atoms with van der Waals surface area (Å²) in [6.07, 6.45) is 0. The van der Waals surface area contributed by atoms with Crippen LogP contribution in [-0.2, 0) is 14.2 Å². The Kier molecular flexibility index (Phi) is 6.21. The fourth-order valence-electron chi connectivity index (χ4n) is 2.31. The molecule has 12 heteroatoms. The first kappa shape index (κ1) is 21.1. The topological polar surface area (TPSA) is 191 Å². The van der Waals surface area contributed by atoms with E-state index < -0.39 is 69.2 Å². The van der Waals surface area contributed by atoms with Gasteiger partial charge in [0.1, 0.15) is 0 Å². The van der Waals surface area contributed by atoms with Gasteiger partial charge in [-0.05, 0) is 0 Å². The third kappa shape index (κ3) is 3.53. The number of hydrogen-bond donors (Lipinski definition) is 3. The molecule has 0 radical (unpaired) electrons. The number of carboxylic acid groups (broad SMARTS) is 3. The highest BCUT2D eigenvalue weighted by Gasteiger charge is 2.41. The highest BCUT2D eigenvalue weighted by molar-refractivity contribution is 6.23. The van der Waals surface area contributed by atoms with E-state index in [1.165, 1.54) is 0 Å². The van der Waals surface area contributed by atoms with Gasteiger partial charge in [0.2, 0.25) is 0 Å². The smallest absolute Gasteiger partial charge is 0.339 e. The molecule has 12 nitrogen and oxygen atoms in total. The molecule has 0 heterocycles. The lowest BCUT2D eigenvalue weighted by Gasteiger charge is -2.18. The number of carbonyl (C=O) groups excluding carboxylic acids is 3. The molecule has 1 aromatic carbocycles. The van der Waals surface area contributed by atoms with Crippen LogP contribution in [0.3, 0.4) is 0 Å². The molecular weight excluding hydrogens is 372 g/mol. The van der Waals surface area contributed by atoms with Gasteiger partial charge in [-0.15, -0.1) is 0 Å².